The molecule has 0 aliphatic carbocycles. The number of nitro groups is 1. The topological polar surface area (TPSA) is 55.2 Å². The fourth-order valence-electron chi connectivity index (χ4n) is 1.86. The number of nitro benzene ring substituents is 1. The van der Waals surface area contributed by atoms with Crippen LogP contribution in [-0.2, 0) is 0 Å². The van der Waals surface area contributed by atoms with Gasteiger partial charge in [0.05, 0.1) is 4.92 Å². The van der Waals surface area contributed by atoms with Crippen molar-refractivity contribution in [2.45, 2.75) is 13.0 Å². The summed E-state index contributed by atoms with van der Waals surface area (Å²) < 4.78 is 14.9. The summed E-state index contributed by atoms with van der Waals surface area (Å²) in [6.07, 6.45) is 0. The smallest absolute Gasteiger partial charge is 0.295 e. The molecule has 104 valence electrons. The van der Waals surface area contributed by atoms with Gasteiger partial charge in [-0.3, -0.25) is 10.1 Å². The fraction of sp³-hybridized carbons (Fsp3) is 0.143. The SMILES string of the molecule is CC(Nc1c(F)cccc1[N+](=O)[O-])c1ccc(I)cc1. The van der Waals surface area contributed by atoms with Crippen LogP contribution in [0.3, 0.4) is 0 Å². The Hall–Kier alpha value is -1.70. The maximum Gasteiger partial charge on any atom is 0.295 e. The number of hydrogen-bond donors (Lipinski definition) is 1. The van der Waals surface area contributed by atoms with Crippen molar-refractivity contribution in [3.05, 3.63) is 67.5 Å². The maximum atomic E-state index is 13.8. The average Bonchev–Trinajstić information content (AvgIpc) is 2.41. The number of nitrogens with one attached hydrogen (secondary N) is 1. The minimum atomic E-state index is -0.628. The molecule has 2 aromatic carbocycles. The Morgan fingerprint density at radius 1 is 1.25 bits per heavy atom. The van der Waals surface area contributed by atoms with E-state index in [1.807, 2.05) is 31.2 Å². The molecule has 0 saturated heterocycles. The summed E-state index contributed by atoms with van der Waals surface area (Å²) in [5.74, 6) is -0.628. The molecule has 0 saturated carbocycles. The number of para-hydroxylation sites is 1. The molecule has 0 amide bonds. The second kappa shape index (κ2) is 6.17. The quantitative estimate of drug-likeness (QED) is 0.478. The highest BCUT2D eigenvalue weighted by atomic mass is 127. The van der Waals surface area contributed by atoms with Gasteiger partial charge >= 0.3 is 0 Å². The molecule has 1 unspecified atom stereocenters. The van der Waals surface area contributed by atoms with Gasteiger partial charge in [0, 0.05) is 15.7 Å². The zero-order valence-electron chi connectivity index (χ0n) is 10.6. The van der Waals surface area contributed by atoms with Crippen LogP contribution in [0.2, 0.25) is 0 Å². The molecule has 20 heavy (non-hydrogen) atoms. The molecule has 6 heteroatoms. The number of hydrogen-bond acceptors (Lipinski definition) is 3. The first kappa shape index (κ1) is 14.7. The minimum Gasteiger partial charge on any atom is -0.371 e. The summed E-state index contributed by atoms with van der Waals surface area (Å²) in [7, 11) is 0. The van der Waals surface area contributed by atoms with E-state index >= 15 is 0 Å². The normalized spacial score (nSPS) is 11.9. The molecule has 2 aromatic rings. The third-order valence-electron chi connectivity index (χ3n) is 2.92. The first-order chi connectivity index (χ1) is 9.49. The van der Waals surface area contributed by atoms with Crippen molar-refractivity contribution >= 4 is 34.0 Å². The minimum absolute atomic E-state index is 0.0800. The van der Waals surface area contributed by atoms with Crippen LogP contribution in [0.5, 0.6) is 0 Å². The van der Waals surface area contributed by atoms with E-state index < -0.39 is 10.7 Å². The number of benzene rings is 2. The predicted octanol–water partition coefficient (Wildman–Crippen LogP) is 4.51. The van der Waals surface area contributed by atoms with E-state index in [1.54, 1.807) is 0 Å². The highest BCUT2D eigenvalue weighted by Crippen LogP contribution is 2.30. The van der Waals surface area contributed by atoms with E-state index in [-0.39, 0.29) is 17.4 Å². The molecule has 4 nitrogen and oxygen atoms in total. The summed E-state index contributed by atoms with van der Waals surface area (Å²) in [6.45, 7) is 1.83. The van der Waals surface area contributed by atoms with Gasteiger partial charge in [0.15, 0.2) is 5.82 Å². The van der Waals surface area contributed by atoms with E-state index in [1.165, 1.54) is 18.2 Å². The van der Waals surface area contributed by atoms with Crippen LogP contribution in [0.1, 0.15) is 18.5 Å². The van der Waals surface area contributed by atoms with Crippen LogP contribution in [0.25, 0.3) is 0 Å². The summed E-state index contributed by atoms with van der Waals surface area (Å²) >= 11 is 2.19. The Morgan fingerprint density at radius 2 is 1.90 bits per heavy atom. The monoisotopic (exact) mass is 386 g/mol. The molecule has 2 rings (SSSR count). The summed E-state index contributed by atoms with van der Waals surface area (Å²) in [5.41, 5.74) is 0.592. The lowest BCUT2D eigenvalue weighted by Gasteiger charge is -2.16. The molecule has 0 aliphatic rings. The van der Waals surface area contributed by atoms with Crippen molar-refractivity contribution in [2.24, 2.45) is 0 Å². The fourth-order valence-corrected chi connectivity index (χ4v) is 2.22. The Kier molecular flexibility index (Phi) is 4.53. The van der Waals surface area contributed by atoms with E-state index in [0.717, 1.165) is 9.13 Å². The highest BCUT2D eigenvalue weighted by molar-refractivity contribution is 14.1. The molecular weight excluding hydrogens is 374 g/mol. The van der Waals surface area contributed by atoms with E-state index in [4.69, 9.17) is 0 Å². The van der Waals surface area contributed by atoms with Gasteiger partial charge in [0.1, 0.15) is 5.69 Å². The zero-order chi connectivity index (χ0) is 14.7. The molecule has 0 bridgehead atoms. The van der Waals surface area contributed by atoms with Crippen LogP contribution in [0.4, 0.5) is 15.8 Å². The lowest BCUT2D eigenvalue weighted by atomic mass is 10.1. The second-order valence-electron chi connectivity index (χ2n) is 4.31. The lowest BCUT2D eigenvalue weighted by Crippen LogP contribution is -2.10. The van der Waals surface area contributed by atoms with Crippen molar-refractivity contribution in [3.63, 3.8) is 0 Å². The third kappa shape index (κ3) is 3.24. The largest absolute Gasteiger partial charge is 0.371 e. The highest BCUT2D eigenvalue weighted by Gasteiger charge is 2.19. The molecule has 0 aromatic heterocycles. The first-order valence-electron chi connectivity index (χ1n) is 5.94. The first-order valence-corrected chi connectivity index (χ1v) is 7.02. The Labute approximate surface area is 129 Å². The van der Waals surface area contributed by atoms with Gasteiger partial charge in [-0.2, -0.15) is 0 Å². The van der Waals surface area contributed by atoms with Crippen LogP contribution < -0.4 is 5.32 Å². The Balaban J connectivity index is 2.30. The van der Waals surface area contributed by atoms with Crippen molar-refractivity contribution in [3.8, 4) is 0 Å². The zero-order valence-corrected chi connectivity index (χ0v) is 12.8. The van der Waals surface area contributed by atoms with Crippen LogP contribution in [-0.4, -0.2) is 4.92 Å². The van der Waals surface area contributed by atoms with Crippen molar-refractivity contribution in [1.29, 1.82) is 0 Å². The van der Waals surface area contributed by atoms with Crippen LogP contribution >= 0.6 is 22.6 Å². The van der Waals surface area contributed by atoms with Gasteiger partial charge in [-0.1, -0.05) is 18.2 Å². The number of nitrogens with zero attached hydrogens (tertiary/aromatic N) is 1. The number of anilines is 1. The molecule has 0 aliphatic heterocycles. The van der Waals surface area contributed by atoms with Gasteiger partial charge in [0.2, 0.25) is 0 Å². The van der Waals surface area contributed by atoms with Gasteiger partial charge < -0.3 is 5.32 Å². The van der Waals surface area contributed by atoms with Crippen molar-refractivity contribution < 1.29 is 9.31 Å². The molecule has 0 heterocycles. The van der Waals surface area contributed by atoms with E-state index in [9.17, 15) is 14.5 Å². The molecule has 0 fully saturated rings. The second-order valence-corrected chi connectivity index (χ2v) is 5.55. The van der Waals surface area contributed by atoms with E-state index in [0.29, 0.717) is 0 Å². The van der Waals surface area contributed by atoms with Crippen molar-refractivity contribution in [1.82, 2.24) is 0 Å². The summed E-state index contributed by atoms with van der Waals surface area (Å²) in [5, 5.41) is 13.8. The molecule has 1 atom stereocenters. The average molecular weight is 386 g/mol. The number of rotatable bonds is 4. The molecular formula is C14H12FIN2O2. The van der Waals surface area contributed by atoms with Crippen LogP contribution in [0.15, 0.2) is 42.5 Å². The molecule has 0 spiro atoms. The summed E-state index contributed by atoms with van der Waals surface area (Å²) in [4.78, 5) is 10.3. The molecule has 0 radical (unpaired) electrons. The van der Waals surface area contributed by atoms with Gasteiger partial charge in [-0.25, -0.2) is 4.39 Å². The van der Waals surface area contributed by atoms with Gasteiger partial charge in [0.25, 0.3) is 5.69 Å². The van der Waals surface area contributed by atoms with Gasteiger partial charge in [-0.05, 0) is 53.3 Å². The maximum absolute atomic E-state index is 13.8. The van der Waals surface area contributed by atoms with Gasteiger partial charge in [-0.15, -0.1) is 0 Å². The van der Waals surface area contributed by atoms with Crippen LogP contribution in [0, 0.1) is 19.5 Å². The summed E-state index contributed by atoms with van der Waals surface area (Å²) in [6, 6.07) is 11.3. The predicted molar refractivity (Wildman–Crippen MR) is 84.3 cm³/mol. The third-order valence-corrected chi connectivity index (χ3v) is 3.64. The van der Waals surface area contributed by atoms with Crippen molar-refractivity contribution in [2.75, 3.05) is 5.32 Å². The standard InChI is InChI=1S/C14H12FIN2O2/c1-9(10-5-7-11(16)8-6-10)17-14-12(15)3-2-4-13(14)18(19)20/h2-9,17H,1H3. The Bertz CT molecular complexity index is 632. The van der Waals surface area contributed by atoms with E-state index in [2.05, 4.69) is 27.9 Å². The number of halogens is 2. The Morgan fingerprint density at radius 3 is 2.50 bits per heavy atom. The molecule has 1 N–H and O–H groups in total. The lowest BCUT2D eigenvalue weighted by molar-refractivity contribution is -0.384.